The number of alkyl halides is 3. The number of hydrogen-bond donors (Lipinski definition) is 1. The van der Waals surface area contributed by atoms with Crippen LogP contribution in [0.2, 0.25) is 0 Å². The van der Waals surface area contributed by atoms with Gasteiger partial charge in [0.2, 0.25) is 5.91 Å². The quantitative estimate of drug-likeness (QED) is 0.231. The van der Waals surface area contributed by atoms with Gasteiger partial charge < -0.3 is 19.7 Å². The van der Waals surface area contributed by atoms with Crippen molar-refractivity contribution in [3.8, 4) is 0 Å². The van der Waals surface area contributed by atoms with Crippen LogP contribution in [-0.4, -0.2) is 62.3 Å². The van der Waals surface area contributed by atoms with Gasteiger partial charge in [-0.05, 0) is 104 Å². The van der Waals surface area contributed by atoms with Gasteiger partial charge in [-0.15, -0.1) is 0 Å². The van der Waals surface area contributed by atoms with E-state index in [4.69, 9.17) is 9.47 Å². The zero-order chi connectivity index (χ0) is 32.5. The van der Waals surface area contributed by atoms with Gasteiger partial charge in [-0.2, -0.15) is 13.2 Å². The first-order valence-corrected chi connectivity index (χ1v) is 15.0. The zero-order valence-electron chi connectivity index (χ0n) is 26.1. The Morgan fingerprint density at radius 3 is 2.27 bits per heavy atom. The van der Waals surface area contributed by atoms with Gasteiger partial charge in [-0.25, -0.2) is 4.79 Å². The molecule has 0 saturated carbocycles. The number of rotatable bonds is 7. The van der Waals surface area contributed by atoms with Crippen LogP contribution in [0.1, 0.15) is 58.9 Å². The van der Waals surface area contributed by atoms with Gasteiger partial charge >= 0.3 is 12.1 Å². The first-order chi connectivity index (χ1) is 21.3. The van der Waals surface area contributed by atoms with E-state index in [0.29, 0.717) is 49.4 Å². The van der Waals surface area contributed by atoms with E-state index in [2.05, 4.69) is 10.2 Å². The number of morpholine rings is 1. The molecule has 3 aromatic rings. The highest BCUT2D eigenvalue weighted by atomic mass is 19.4. The van der Waals surface area contributed by atoms with E-state index in [9.17, 15) is 22.8 Å². The number of aryl methyl sites for hydroxylation is 1. The van der Waals surface area contributed by atoms with Crippen molar-refractivity contribution in [3.05, 3.63) is 94.0 Å². The Kier molecular flexibility index (Phi) is 9.36. The van der Waals surface area contributed by atoms with Crippen LogP contribution in [-0.2, 0) is 26.9 Å². The number of nitrogens with zero attached hydrogens (tertiary/aromatic N) is 2. The van der Waals surface area contributed by atoms with E-state index in [-0.39, 0.29) is 18.1 Å². The Hall–Kier alpha value is -4.15. The Balaban J connectivity index is 1.44. The molecular weight excluding hydrogens is 583 g/mol. The number of esters is 1. The summed E-state index contributed by atoms with van der Waals surface area (Å²) < 4.78 is 50.7. The molecule has 1 saturated heterocycles. The van der Waals surface area contributed by atoms with E-state index in [0.717, 1.165) is 45.8 Å². The molecular formula is C35H38F3N3O4. The largest absolute Gasteiger partial charge is 0.465 e. The lowest BCUT2D eigenvalue weighted by molar-refractivity contribution is -0.137. The molecule has 1 N–H and O–H groups in total. The minimum absolute atomic E-state index is 0.0443. The highest BCUT2D eigenvalue weighted by Crippen LogP contribution is 2.36. The molecule has 2 unspecified atom stereocenters. The van der Waals surface area contributed by atoms with Crippen LogP contribution in [0.5, 0.6) is 0 Å². The maximum absolute atomic E-state index is 13.4. The molecule has 0 spiro atoms. The second-order valence-electron chi connectivity index (χ2n) is 11.8. The van der Waals surface area contributed by atoms with Gasteiger partial charge in [0.25, 0.3) is 0 Å². The molecule has 0 aromatic heterocycles. The van der Waals surface area contributed by atoms with E-state index in [1.54, 1.807) is 12.1 Å². The molecule has 10 heteroatoms. The molecule has 1 amide bonds. The molecule has 3 aromatic carbocycles. The van der Waals surface area contributed by atoms with Gasteiger partial charge in [0, 0.05) is 36.7 Å². The number of allylic oxidation sites excluding steroid dienone is 1. The van der Waals surface area contributed by atoms with Crippen molar-refractivity contribution in [2.45, 2.75) is 52.5 Å². The number of methoxy groups -OCH3 is 1. The first-order valence-electron chi connectivity index (χ1n) is 15.0. The number of anilines is 2. The van der Waals surface area contributed by atoms with Gasteiger partial charge in [0.15, 0.2) is 0 Å². The number of hydrogen-bond acceptors (Lipinski definition) is 6. The molecule has 0 radical (unpaired) electrons. The van der Waals surface area contributed by atoms with Crippen LogP contribution in [0.15, 0.2) is 60.7 Å². The van der Waals surface area contributed by atoms with Crippen molar-refractivity contribution in [3.63, 3.8) is 0 Å². The van der Waals surface area contributed by atoms with Crippen molar-refractivity contribution in [2.24, 2.45) is 0 Å². The monoisotopic (exact) mass is 621 g/mol. The fraction of sp³-hybridized carbons (Fsp3) is 0.371. The summed E-state index contributed by atoms with van der Waals surface area (Å²) in [6, 6.07) is 16.0. The number of benzene rings is 3. The van der Waals surface area contributed by atoms with Crippen molar-refractivity contribution >= 4 is 34.5 Å². The molecule has 2 heterocycles. The Morgan fingerprint density at radius 2 is 1.64 bits per heavy atom. The summed E-state index contributed by atoms with van der Waals surface area (Å²) in [5, 5.41) is 3.46. The summed E-state index contributed by atoms with van der Waals surface area (Å²) in [6.45, 7) is 10.1. The van der Waals surface area contributed by atoms with Crippen LogP contribution in [0.3, 0.4) is 0 Å². The smallest absolute Gasteiger partial charge is 0.416 e. The minimum atomic E-state index is -4.45. The van der Waals surface area contributed by atoms with Gasteiger partial charge in [0.1, 0.15) is 0 Å². The van der Waals surface area contributed by atoms with Crippen LogP contribution in [0.25, 0.3) is 11.3 Å². The number of nitrogens with one attached hydrogen (secondary N) is 1. The van der Waals surface area contributed by atoms with Crippen LogP contribution in [0, 0.1) is 6.92 Å². The second kappa shape index (κ2) is 13.1. The molecule has 7 nitrogen and oxygen atoms in total. The average molecular weight is 622 g/mol. The molecule has 2 aliphatic heterocycles. The number of halogens is 3. The molecule has 238 valence electrons. The summed E-state index contributed by atoms with van der Waals surface area (Å²) >= 11 is 0. The number of amides is 1. The molecule has 0 aliphatic carbocycles. The minimum Gasteiger partial charge on any atom is -0.465 e. The fourth-order valence-corrected chi connectivity index (χ4v) is 6.25. The second-order valence-corrected chi connectivity index (χ2v) is 11.8. The van der Waals surface area contributed by atoms with Crippen LogP contribution in [0.4, 0.5) is 24.5 Å². The Bertz CT molecular complexity index is 1610. The van der Waals surface area contributed by atoms with Gasteiger partial charge in [0.05, 0.1) is 37.0 Å². The summed E-state index contributed by atoms with van der Waals surface area (Å²) in [4.78, 5) is 29.3. The summed E-state index contributed by atoms with van der Waals surface area (Å²) in [5.41, 5.74) is 5.93. The van der Waals surface area contributed by atoms with E-state index in [1.165, 1.54) is 19.2 Å². The fourth-order valence-electron chi connectivity index (χ4n) is 6.25. The molecule has 1 fully saturated rings. The number of fused-ring (bicyclic) bond motifs is 1. The maximum atomic E-state index is 13.4. The van der Waals surface area contributed by atoms with E-state index in [1.807, 2.05) is 56.9 Å². The average Bonchev–Trinajstić information content (AvgIpc) is 3.42. The van der Waals surface area contributed by atoms with Crippen molar-refractivity contribution in [1.29, 1.82) is 0 Å². The highest BCUT2D eigenvalue weighted by Gasteiger charge is 2.31. The van der Waals surface area contributed by atoms with Gasteiger partial charge in [-0.3, -0.25) is 9.69 Å². The third kappa shape index (κ3) is 7.23. The number of ether oxygens (including phenoxy) is 2. The molecule has 0 bridgehead atoms. The van der Waals surface area contributed by atoms with Crippen molar-refractivity contribution < 1.29 is 32.2 Å². The Morgan fingerprint density at radius 1 is 0.978 bits per heavy atom. The van der Waals surface area contributed by atoms with Crippen molar-refractivity contribution in [1.82, 2.24) is 4.90 Å². The zero-order valence-corrected chi connectivity index (χ0v) is 26.1. The Labute approximate surface area is 261 Å². The molecule has 2 atom stereocenters. The highest BCUT2D eigenvalue weighted by molar-refractivity contribution is 5.99. The third-order valence-electron chi connectivity index (χ3n) is 8.33. The number of carbonyl (C=O) groups is 2. The van der Waals surface area contributed by atoms with E-state index < -0.39 is 17.7 Å². The lowest BCUT2D eigenvalue weighted by Gasteiger charge is -2.35. The molecule has 45 heavy (non-hydrogen) atoms. The maximum Gasteiger partial charge on any atom is 0.416 e. The summed E-state index contributed by atoms with van der Waals surface area (Å²) in [6.07, 6.45) is -3.61. The predicted octanol–water partition coefficient (Wildman–Crippen LogP) is 6.80. The topological polar surface area (TPSA) is 71.1 Å². The van der Waals surface area contributed by atoms with Gasteiger partial charge in [-0.1, -0.05) is 18.2 Å². The first kappa shape index (κ1) is 32.2. The molecule has 5 rings (SSSR count). The SMILES string of the molecule is COC(=O)c1ccc(/C(C)=C(/Nc2ccc3c(c2)CCN3C(=O)CN2CC(C)OC(C)C2)c2ccc(C(F)(F)F)cc2)c(C)c1. The molecule has 2 aliphatic rings. The third-order valence-corrected chi connectivity index (χ3v) is 8.33. The standard InChI is InChI=1S/C35H38F3N3O4/c1-21-16-27(34(43)44-5)8-12-30(21)24(4)33(25-6-9-28(10-7-25)35(36,37)38)39-29-11-13-31-26(17-29)14-15-41(31)32(42)20-40-18-22(2)45-23(3)19-40/h6-13,16-17,22-23,39H,14-15,18-20H2,1-5H3/b33-24+. The lowest BCUT2D eigenvalue weighted by atomic mass is 9.95. The van der Waals surface area contributed by atoms with Crippen LogP contribution < -0.4 is 10.2 Å². The number of carbonyl (C=O) groups excluding carboxylic acids is 2. The normalized spacial score (nSPS) is 19.2. The van der Waals surface area contributed by atoms with Crippen molar-refractivity contribution in [2.75, 3.05) is 43.5 Å². The lowest BCUT2D eigenvalue weighted by Crippen LogP contribution is -2.49. The van der Waals surface area contributed by atoms with Crippen LogP contribution >= 0.6 is 0 Å². The summed E-state index contributed by atoms with van der Waals surface area (Å²) in [5.74, 6) is -0.407. The summed E-state index contributed by atoms with van der Waals surface area (Å²) in [7, 11) is 1.32. The van der Waals surface area contributed by atoms with E-state index >= 15 is 0 Å². The predicted molar refractivity (Wildman–Crippen MR) is 169 cm³/mol.